The minimum absolute atomic E-state index is 0.202. The molecule has 0 saturated heterocycles. The van der Waals surface area contributed by atoms with Gasteiger partial charge in [-0.05, 0) is 19.3 Å². The highest BCUT2D eigenvalue weighted by molar-refractivity contribution is 5.87. The van der Waals surface area contributed by atoms with Gasteiger partial charge in [0.1, 0.15) is 0 Å². The van der Waals surface area contributed by atoms with Gasteiger partial charge in [0.25, 0.3) is 0 Å². The Balaban J connectivity index is 0. The van der Waals surface area contributed by atoms with Crippen LogP contribution in [0.3, 0.4) is 0 Å². The second-order valence-corrected chi connectivity index (χ2v) is 5.15. The van der Waals surface area contributed by atoms with Crippen LogP contribution in [-0.2, 0) is 14.3 Å². The van der Waals surface area contributed by atoms with E-state index in [2.05, 4.69) is 27.0 Å². The van der Waals surface area contributed by atoms with Crippen molar-refractivity contribution in [1.82, 2.24) is 0 Å². The van der Waals surface area contributed by atoms with E-state index in [9.17, 15) is 9.59 Å². The molecule has 1 N–H and O–H groups in total. The molecule has 0 saturated carbocycles. The Bertz CT molecular complexity index is 321. The summed E-state index contributed by atoms with van der Waals surface area (Å²) in [7, 11) is 0. The van der Waals surface area contributed by atoms with Crippen molar-refractivity contribution in [2.24, 2.45) is 0 Å². The number of hydrogen-bond donors (Lipinski definition) is 1. The molecule has 4 heteroatoms. The third-order valence-electron chi connectivity index (χ3n) is 3.03. The van der Waals surface area contributed by atoms with E-state index in [-0.39, 0.29) is 5.97 Å². The van der Waals surface area contributed by atoms with Crippen molar-refractivity contribution in [3.8, 4) is 0 Å². The number of rotatable bonds is 12. The van der Waals surface area contributed by atoms with E-state index in [0.29, 0.717) is 12.2 Å². The van der Waals surface area contributed by atoms with Crippen LogP contribution in [0.1, 0.15) is 71.6 Å². The van der Waals surface area contributed by atoms with Crippen molar-refractivity contribution in [2.75, 3.05) is 6.61 Å². The van der Waals surface area contributed by atoms with Crippen LogP contribution in [0.4, 0.5) is 0 Å². The zero-order valence-electron chi connectivity index (χ0n) is 14.2. The number of hydrogen-bond acceptors (Lipinski definition) is 3. The monoisotopic (exact) mass is 312 g/mol. The van der Waals surface area contributed by atoms with Gasteiger partial charge in [-0.2, -0.15) is 0 Å². The van der Waals surface area contributed by atoms with Crippen LogP contribution in [0, 0.1) is 0 Å². The predicted molar refractivity (Wildman–Crippen MR) is 90.8 cm³/mol. The van der Waals surface area contributed by atoms with Crippen LogP contribution in [0.5, 0.6) is 0 Å². The molecular formula is C18H32O4. The smallest absolute Gasteiger partial charge is 0.333 e. The van der Waals surface area contributed by atoms with Crippen LogP contribution < -0.4 is 0 Å². The normalized spacial score (nSPS) is 9.36. The second kappa shape index (κ2) is 17.5. The molecule has 0 fully saturated rings. The number of ether oxygens (including phenoxy) is 1. The van der Waals surface area contributed by atoms with E-state index < -0.39 is 5.97 Å². The van der Waals surface area contributed by atoms with Gasteiger partial charge in [-0.1, -0.05) is 65.5 Å². The topological polar surface area (TPSA) is 63.6 Å². The first-order chi connectivity index (χ1) is 10.5. The van der Waals surface area contributed by atoms with Crippen LogP contribution in [0.2, 0.25) is 0 Å². The first-order valence-corrected chi connectivity index (χ1v) is 8.19. The minimum Gasteiger partial charge on any atom is -0.478 e. The van der Waals surface area contributed by atoms with E-state index in [1.165, 1.54) is 25.7 Å². The number of aliphatic carboxylic acids is 1. The molecule has 4 nitrogen and oxygen atoms in total. The Morgan fingerprint density at radius 3 is 2.00 bits per heavy atom. The summed E-state index contributed by atoms with van der Waals surface area (Å²) in [6, 6.07) is 0. The lowest BCUT2D eigenvalue weighted by Crippen LogP contribution is -2.08. The number of carboxylic acids is 1. The Morgan fingerprint density at radius 2 is 1.50 bits per heavy atom. The van der Waals surface area contributed by atoms with E-state index in [1.807, 2.05) is 0 Å². The van der Waals surface area contributed by atoms with Crippen LogP contribution >= 0.6 is 0 Å². The highest BCUT2D eigenvalue weighted by Gasteiger charge is 2.06. The van der Waals surface area contributed by atoms with Gasteiger partial charge in [-0.15, -0.1) is 0 Å². The highest BCUT2D eigenvalue weighted by Crippen LogP contribution is 2.08. The Labute approximate surface area is 135 Å². The summed E-state index contributed by atoms with van der Waals surface area (Å²) in [5.41, 5.74) is 0.623. The molecule has 0 aromatic rings. The average molecular weight is 312 g/mol. The quantitative estimate of drug-likeness (QED) is 0.316. The van der Waals surface area contributed by atoms with Crippen molar-refractivity contribution >= 4 is 11.9 Å². The molecule has 0 aliphatic heterocycles. The van der Waals surface area contributed by atoms with Gasteiger partial charge < -0.3 is 9.84 Å². The maximum atomic E-state index is 11.5. The van der Waals surface area contributed by atoms with Crippen molar-refractivity contribution in [1.29, 1.82) is 0 Å². The third-order valence-corrected chi connectivity index (χ3v) is 3.03. The van der Waals surface area contributed by atoms with E-state index in [1.54, 1.807) is 0 Å². The van der Waals surface area contributed by atoms with E-state index in [4.69, 9.17) is 9.84 Å². The molecule has 0 aromatic heterocycles. The lowest BCUT2D eigenvalue weighted by Gasteiger charge is -2.06. The lowest BCUT2D eigenvalue weighted by molar-refractivity contribution is -0.139. The lowest BCUT2D eigenvalue weighted by atomic mass is 10.1. The van der Waals surface area contributed by atoms with Crippen LogP contribution in [0.25, 0.3) is 0 Å². The molecule has 0 radical (unpaired) electrons. The van der Waals surface area contributed by atoms with Crippen molar-refractivity contribution in [3.63, 3.8) is 0 Å². The molecule has 0 heterocycles. The van der Waals surface area contributed by atoms with Gasteiger partial charge >= 0.3 is 11.9 Å². The predicted octanol–water partition coefficient (Wildman–Crippen LogP) is 4.89. The molecule has 0 aromatic carbocycles. The number of esters is 1. The van der Waals surface area contributed by atoms with Gasteiger partial charge in [-0.25, -0.2) is 9.59 Å². The fourth-order valence-corrected chi connectivity index (χ4v) is 1.64. The van der Waals surface area contributed by atoms with Gasteiger partial charge in [0.05, 0.1) is 6.61 Å². The standard InChI is InChI=1S/C15H28O2.C3H4O2/c1-4-6-8-9-10-11-13-17-15(16)14(3)12-7-5-2;1-2-3(4)5/h3-13H2,1-2H3;2H,1H2,(H,4,5). The molecule has 0 aliphatic carbocycles. The van der Waals surface area contributed by atoms with Crippen molar-refractivity contribution in [2.45, 2.75) is 71.6 Å². The summed E-state index contributed by atoms with van der Waals surface area (Å²) in [5, 5.41) is 7.60. The van der Waals surface area contributed by atoms with Gasteiger partial charge in [0.2, 0.25) is 0 Å². The van der Waals surface area contributed by atoms with Crippen molar-refractivity contribution in [3.05, 3.63) is 24.8 Å². The van der Waals surface area contributed by atoms with Crippen molar-refractivity contribution < 1.29 is 19.4 Å². The SMILES string of the molecule is C=C(CCCC)C(=O)OCCCCCCCC.C=CC(=O)O. The largest absolute Gasteiger partial charge is 0.478 e. The van der Waals surface area contributed by atoms with Gasteiger partial charge in [0.15, 0.2) is 0 Å². The summed E-state index contributed by atoms with van der Waals surface area (Å²) in [5.74, 6) is -1.18. The molecule has 0 rings (SSSR count). The maximum Gasteiger partial charge on any atom is 0.333 e. The number of unbranched alkanes of at least 4 members (excludes halogenated alkanes) is 6. The van der Waals surface area contributed by atoms with Crippen LogP contribution in [-0.4, -0.2) is 23.7 Å². The molecule has 0 unspecified atom stereocenters. The molecule has 128 valence electrons. The Morgan fingerprint density at radius 1 is 1.00 bits per heavy atom. The molecule has 22 heavy (non-hydrogen) atoms. The number of carbonyl (C=O) groups excluding carboxylic acids is 1. The van der Waals surface area contributed by atoms with E-state index >= 15 is 0 Å². The minimum atomic E-state index is -0.981. The van der Waals surface area contributed by atoms with Crippen LogP contribution in [0.15, 0.2) is 24.8 Å². The summed E-state index contributed by atoms with van der Waals surface area (Å²) in [4.78, 5) is 20.7. The number of carbonyl (C=O) groups is 2. The fraction of sp³-hybridized carbons (Fsp3) is 0.667. The first-order valence-electron chi connectivity index (χ1n) is 8.19. The molecule has 0 atom stereocenters. The molecule has 0 amide bonds. The van der Waals surface area contributed by atoms with Gasteiger partial charge in [-0.3, -0.25) is 0 Å². The first kappa shape index (κ1) is 22.7. The third kappa shape index (κ3) is 18.4. The average Bonchev–Trinajstić information content (AvgIpc) is 2.51. The summed E-state index contributed by atoms with van der Waals surface area (Å²) < 4.78 is 5.17. The Kier molecular flexibility index (Phi) is 18.0. The second-order valence-electron chi connectivity index (χ2n) is 5.15. The summed E-state index contributed by atoms with van der Waals surface area (Å²) in [6.45, 7) is 11.6. The summed E-state index contributed by atoms with van der Waals surface area (Å²) >= 11 is 0. The zero-order valence-corrected chi connectivity index (χ0v) is 14.2. The zero-order chi connectivity index (χ0) is 17.2. The molecular weight excluding hydrogens is 280 g/mol. The molecule has 0 bridgehead atoms. The highest BCUT2D eigenvalue weighted by atomic mass is 16.5. The molecule has 0 aliphatic rings. The maximum absolute atomic E-state index is 11.5. The van der Waals surface area contributed by atoms with E-state index in [0.717, 1.165) is 38.2 Å². The van der Waals surface area contributed by atoms with Gasteiger partial charge in [0, 0.05) is 11.6 Å². The summed E-state index contributed by atoms with van der Waals surface area (Å²) in [6.07, 6.45) is 11.0. The fourth-order valence-electron chi connectivity index (χ4n) is 1.64. The number of carboxylic acid groups (broad SMARTS) is 1. The molecule has 0 spiro atoms. The Hall–Kier alpha value is -1.58.